The highest BCUT2D eigenvalue weighted by Crippen LogP contribution is 2.44. The molecule has 118 valence electrons. The van der Waals surface area contributed by atoms with Crippen molar-refractivity contribution >= 4 is 13.5 Å². The van der Waals surface area contributed by atoms with Crippen molar-refractivity contribution in [2.45, 2.75) is 0 Å². The molecule has 1 N–H and O–H groups in total. The Hall–Kier alpha value is -1.54. The Morgan fingerprint density at radius 1 is 1.43 bits per heavy atom. The van der Waals surface area contributed by atoms with Crippen LogP contribution in [-0.4, -0.2) is 48.6 Å². The summed E-state index contributed by atoms with van der Waals surface area (Å²) in [7, 11) is 1.10. The molecule has 1 atom stereocenters. The molecular weight excluding hydrogens is 306 g/mol. The molecule has 0 aliphatic carbocycles. The van der Waals surface area contributed by atoms with E-state index < -0.39 is 30.0 Å². The van der Waals surface area contributed by atoms with Crippen LogP contribution in [0.5, 0.6) is 5.75 Å². The monoisotopic (exact) mass is 323 g/mol. The van der Waals surface area contributed by atoms with E-state index in [1.165, 1.54) is 0 Å². The summed E-state index contributed by atoms with van der Waals surface area (Å²) >= 11 is 0. The van der Waals surface area contributed by atoms with Gasteiger partial charge in [0.05, 0.1) is 32.1 Å². The number of nitrogens with zero attached hydrogens (tertiary/aromatic N) is 2. The van der Waals surface area contributed by atoms with Crippen LogP contribution in [0.1, 0.15) is 0 Å². The highest BCUT2D eigenvalue weighted by Gasteiger charge is 2.26. The molecule has 21 heavy (non-hydrogen) atoms. The van der Waals surface area contributed by atoms with Crippen molar-refractivity contribution in [3.8, 4) is 5.75 Å². The van der Waals surface area contributed by atoms with Gasteiger partial charge in [-0.25, -0.2) is 8.96 Å². The minimum Gasteiger partial charge on any atom is -0.401 e. The number of halogens is 1. The van der Waals surface area contributed by atoms with Gasteiger partial charge in [-0.05, 0) is 6.07 Å². The van der Waals surface area contributed by atoms with E-state index in [0.717, 1.165) is 12.1 Å². The van der Waals surface area contributed by atoms with Gasteiger partial charge >= 0.3 is 7.82 Å². The second-order valence-electron chi connectivity index (χ2n) is 5.28. The molecular formula is C11H17FN2O6P+. The van der Waals surface area contributed by atoms with Gasteiger partial charge in [0.1, 0.15) is 13.2 Å². The maximum atomic E-state index is 13.5. The second kappa shape index (κ2) is 6.48. The number of phosphoric ester groups is 1. The quantitative estimate of drug-likeness (QED) is 0.356. The molecule has 0 radical (unpaired) electrons. The first-order chi connectivity index (χ1) is 9.50. The van der Waals surface area contributed by atoms with Crippen molar-refractivity contribution in [2.75, 3.05) is 34.3 Å². The fraction of sp³-hybridized carbons (Fsp3) is 0.455. The number of hydrogen-bond acceptors (Lipinski definition) is 5. The molecule has 1 aromatic carbocycles. The van der Waals surface area contributed by atoms with Gasteiger partial charge in [0, 0.05) is 6.07 Å². The highest BCUT2D eigenvalue weighted by atomic mass is 31.2. The van der Waals surface area contributed by atoms with Gasteiger partial charge in [-0.3, -0.25) is 19.5 Å². The fourth-order valence-electron chi connectivity index (χ4n) is 1.26. The van der Waals surface area contributed by atoms with Crippen molar-refractivity contribution < 1.29 is 32.3 Å². The summed E-state index contributed by atoms with van der Waals surface area (Å²) < 4.78 is 35.0. The van der Waals surface area contributed by atoms with Crippen LogP contribution in [0.2, 0.25) is 0 Å². The molecule has 0 bridgehead atoms. The number of phosphoric acid groups is 1. The lowest BCUT2D eigenvalue weighted by atomic mass is 10.3. The standard InChI is InChI=1S/C11H16FN2O6P/c1-14(2,3)6-7-19-21(17,18)20-11-5-4-9(13(15)16)8-10(11)12/h4-5,8H,6-7H2,1-3H3/p+1. The Morgan fingerprint density at radius 2 is 2.05 bits per heavy atom. The van der Waals surface area contributed by atoms with E-state index in [-0.39, 0.29) is 6.61 Å². The third kappa shape index (κ3) is 6.17. The Kier molecular flexibility index (Phi) is 5.41. The Labute approximate surface area is 121 Å². The molecule has 0 saturated heterocycles. The molecule has 1 rings (SSSR count). The molecule has 0 amide bonds. The van der Waals surface area contributed by atoms with Gasteiger partial charge in [0.2, 0.25) is 0 Å². The maximum Gasteiger partial charge on any atom is 0.527 e. The molecule has 0 aliphatic heterocycles. The average Bonchev–Trinajstić information content (AvgIpc) is 2.29. The van der Waals surface area contributed by atoms with Gasteiger partial charge in [0.15, 0.2) is 11.6 Å². The first-order valence-electron chi connectivity index (χ1n) is 5.91. The molecule has 10 heteroatoms. The molecule has 0 aliphatic rings. The van der Waals surface area contributed by atoms with Gasteiger partial charge in [0.25, 0.3) is 5.69 Å². The van der Waals surface area contributed by atoms with Gasteiger partial charge in [-0.15, -0.1) is 0 Å². The number of non-ortho nitro benzene ring substituents is 1. The van der Waals surface area contributed by atoms with Gasteiger partial charge < -0.3 is 9.01 Å². The Balaban J connectivity index is 2.71. The zero-order valence-electron chi connectivity index (χ0n) is 11.9. The van der Waals surface area contributed by atoms with Crippen LogP contribution in [0.3, 0.4) is 0 Å². The summed E-state index contributed by atoms with van der Waals surface area (Å²) in [6.45, 7) is 0.378. The van der Waals surface area contributed by atoms with Crippen molar-refractivity contribution in [3.63, 3.8) is 0 Å². The van der Waals surface area contributed by atoms with Crippen LogP contribution in [0.15, 0.2) is 18.2 Å². The number of rotatable bonds is 7. The van der Waals surface area contributed by atoms with Crippen molar-refractivity contribution in [3.05, 3.63) is 34.1 Å². The van der Waals surface area contributed by atoms with E-state index in [4.69, 9.17) is 4.52 Å². The topological polar surface area (TPSA) is 98.9 Å². The lowest BCUT2D eigenvalue weighted by molar-refractivity contribution is -0.870. The Morgan fingerprint density at radius 3 is 2.52 bits per heavy atom. The molecule has 0 spiro atoms. The summed E-state index contributed by atoms with van der Waals surface area (Å²) in [6, 6.07) is 2.46. The van der Waals surface area contributed by atoms with E-state index in [9.17, 15) is 24.0 Å². The largest absolute Gasteiger partial charge is 0.527 e. The van der Waals surface area contributed by atoms with E-state index in [0.29, 0.717) is 17.1 Å². The number of nitro groups is 1. The first-order valence-corrected chi connectivity index (χ1v) is 7.41. The van der Waals surface area contributed by atoms with Crippen LogP contribution in [-0.2, 0) is 9.09 Å². The summed E-state index contributed by atoms with van der Waals surface area (Å²) in [4.78, 5) is 19.1. The first kappa shape index (κ1) is 17.5. The van der Waals surface area contributed by atoms with Crippen molar-refractivity contribution in [1.82, 2.24) is 0 Å². The average molecular weight is 323 g/mol. The smallest absolute Gasteiger partial charge is 0.401 e. The van der Waals surface area contributed by atoms with Crippen LogP contribution in [0.25, 0.3) is 0 Å². The molecule has 1 unspecified atom stereocenters. The SMILES string of the molecule is C[N+](C)(C)CCOP(=O)(O)Oc1ccc([N+](=O)[O-])cc1F. The summed E-state index contributed by atoms with van der Waals surface area (Å²) in [5, 5.41) is 10.5. The van der Waals surface area contributed by atoms with Crippen LogP contribution >= 0.6 is 7.82 Å². The van der Waals surface area contributed by atoms with Crippen LogP contribution in [0.4, 0.5) is 10.1 Å². The Bertz CT molecular complexity index is 574. The van der Waals surface area contributed by atoms with E-state index in [1.807, 2.05) is 21.1 Å². The number of hydrogen-bond donors (Lipinski definition) is 1. The molecule has 1 aromatic rings. The van der Waals surface area contributed by atoms with Gasteiger partial charge in [-0.2, -0.15) is 0 Å². The zero-order chi connectivity index (χ0) is 16.3. The third-order valence-electron chi connectivity index (χ3n) is 2.36. The predicted molar refractivity (Wildman–Crippen MR) is 72.4 cm³/mol. The zero-order valence-corrected chi connectivity index (χ0v) is 12.7. The number of nitro benzene ring substituents is 1. The normalized spacial score (nSPS) is 14.5. The summed E-state index contributed by atoms with van der Waals surface area (Å²) in [5.41, 5.74) is -0.487. The molecule has 0 saturated carbocycles. The third-order valence-corrected chi connectivity index (χ3v) is 3.29. The molecule has 0 aromatic heterocycles. The molecule has 0 fully saturated rings. The number of quaternary nitrogens is 1. The minimum atomic E-state index is -4.49. The summed E-state index contributed by atoms with van der Waals surface area (Å²) in [5.74, 6) is -1.70. The molecule has 8 nitrogen and oxygen atoms in total. The van der Waals surface area contributed by atoms with Crippen molar-refractivity contribution in [1.29, 1.82) is 0 Å². The van der Waals surface area contributed by atoms with E-state index >= 15 is 0 Å². The van der Waals surface area contributed by atoms with Crippen LogP contribution < -0.4 is 4.52 Å². The molecule has 0 heterocycles. The van der Waals surface area contributed by atoms with E-state index in [1.54, 1.807) is 0 Å². The van der Waals surface area contributed by atoms with E-state index in [2.05, 4.69) is 4.52 Å². The second-order valence-corrected chi connectivity index (χ2v) is 6.66. The number of benzene rings is 1. The van der Waals surface area contributed by atoms with Crippen molar-refractivity contribution in [2.24, 2.45) is 0 Å². The highest BCUT2D eigenvalue weighted by molar-refractivity contribution is 7.47. The lowest BCUT2D eigenvalue weighted by Crippen LogP contribution is -2.37. The minimum absolute atomic E-state index is 0.0636. The summed E-state index contributed by atoms with van der Waals surface area (Å²) in [6.07, 6.45) is 0. The lowest BCUT2D eigenvalue weighted by Gasteiger charge is -2.24. The fourth-order valence-corrected chi connectivity index (χ4v) is 2.02. The maximum absolute atomic E-state index is 13.5. The number of likely N-dealkylation sites (N-methyl/N-ethyl adjacent to an activating group) is 1. The van der Waals surface area contributed by atoms with Gasteiger partial charge in [-0.1, -0.05) is 0 Å². The van der Waals surface area contributed by atoms with Crippen LogP contribution in [0, 0.1) is 15.9 Å². The predicted octanol–water partition coefficient (Wildman–Crippen LogP) is 1.94.